The van der Waals surface area contributed by atoms with Crippen LogP contribution in [-0.4, -0.2) is 43.8 Å². The van der Waals surface area contributed by atoms with Gasteiger partial charge in [-0.2, -0.15) is 0 Å². The van der Waals surface area contributed by atoms with Crippen LogP contribution in [0.15, 0.2) is 0 Å². The Morgan fingerprint density at radius 2 is 1.73 bits per heavy atom. The lowest BCUT2D eigenvalue weighted by Gasteiger charge is -2.20. The van der Waals surface area contributed by atoms with Gasteiger partial charge < -0.3 is 20.1 Å². The molecule has 26 heavy (non-hydrogen) atoms. The number of nitrogens with one attached hydrogen (secondary N) is 2. The van der Waals surface area contributed by atoms with Crippen LogP contribution in [0.2, 0.25) is 0 Å². The molecule has 2 N–H and O–H groups in total. The average molecular weight is 370 g/mol. The zero-order valence-corrected chi connectivity index (χ0v) is 16.6. The molecule has 0 heterocycles. The van der Waals surface area contributed by atoms with E-state index < -0.39 is 11.7 Å². The van der Waals surface area contributed by atoms with E-state index in [1.54, 1.807) is 0 Å². The van der Waals surface area contributed by atoms with Crippen molar-refractivity contribution in [3.8, 4) is 0 Å². The summed E-state index contributed by atoms with van der Waals surface area (Å²) in [6.07, 6.45) is 5.71. The van der Waals surface area contributed by atoms with Crippen molar-refractivity contribution in [3.63, 3.8) is 0 Å². The third-order valence-corrected chi connectivity index (χ3v) is 4.43. The van der Waals surface area contributed by atoms with E-state index in [4.69, 9.17) is 9.47 Å². The van der Waals surface area contributed by atoms with Gasteiger partial charge in [-0.05, 0) is 46.5 Å². The molecule has 0 aliphatic heterocycles. The Kier molecular flexibility index (Phi) is 9.44. The first-order valence-electron chi connectivity index (χ1n) is 9.55. The number of ether oxygens (including phenoxy) is 2. The van der Waals surface area contributed by atoms with Gasteiger partial charge in [-0.25, -0.2) is 4.79 Å². The zero-order valence-electron chi connectivity index (χ0n) is 16.6. The quantitative estimate of drug-likeness (QED) is 0.481. The Morgan fingerprint density at radius 3 is 2.31 bits per heavy atom. The van der Waals surface area contributed by atoms with E-state index in [1.165, 1.54) is 7.11 Å². The highest BCUT2D eigenvalue weighted by molar-refractivity contribution is 5.80. The molecule has 1 rings (SSSR count). The maximum absolute atomic E-state index is 12.1. The maximum Gasteiger partial charge on any atom is 0.407 e. The molecule has 7 nitrogen and oxygen atoms in total. The van der Waals surface area contributed by atoms with Gasteiger partial charge in [0.25, 0.3) is 0 Å². The van der Waals surface area contributed by atoms with E-state index in [0.717, 1.165) is 38.5 Å². The average Bonchev–Trinajstić information content (AvgIpc) is 3.09. The molecule has 1 atom stereocenters. The second-order valence-electron chi connectivity index (χ2n) is 7.87. The summed E-state index contributed by atoms with van der Waals surface area (Å²) in [6.45, 7) is 6.23. The van der Waals surface area contributed by atoms with E-state index in [2.05, 4.69) is 10.6 Å². The fourth-order valence-corrected chi connectivity index (χ4v) is 3.05. The summed E-state index contributed by atoms with van der Waals surface area (Å²) in [5, 5.41) is 5.59. The molecule has 0 aromatic heterocycles. The minimum absolute atomic E-state index is 0.0444. The summed E-state index contributed by atoms with van der Waals surface area (Å²) < 4.78 is 10.0. The number of methoxy groups -OCH3 is 1. The van der Waals surface area contributed by atoms with Crippen LogP contribution in [0.1, 0.15) is 65.7 Å². The van der Waals surface area contributed by atoms with Crippen molar-refractivity contribution in [1.29, 1.82) is 0 Å². The minimum Gasteiger partial charge on any atom is -0.469 e. The van der Waals surface area contributed by atoms with Gasteiger partial charge in [0.1, 0.15) is 5.60 Å². The minimum atomic E-state index is -0.516. The second-order valence-corrected chi connectivity index (χ2v) is 7.87. The molecule has 0 radical (unpaired) electrons. The van der Waals surface area contributed by atoms with Crippen molar-refractivity contribution in [2.24, 2.45) is 11.8 Å². The molecule has 2 amide bonds. The molecule has 7 heteroatoms. The Hall–Kier alpha value is -1.79. The first-order valence-corrected chi connectivity index (χ1v) is 9.55. The highest BCUT2D eigenvalue weighted by atomic mass is 16.6. The molecule has 0 aromatic carbocycles. The number of alkyl carbamates (subject to hydrolysis) is 1. The lowest BCUT2D eigenvalue weighted by atomic mass is 10.0. The van der Waals surface area contributed by atoms with E-state index in [-0.39, 0.29) is 23.7 Å². The standard InChI is InChI=1S/C19H34N2O5/c1-19(2,3)26-18(24)20-12-8-7-11-15(17(23)25-4)13-21-16(22)14-9-5-6-10-14/h14-15H,5-13H2,1-4H3,(H,20,24)(H,21,22)/t15-/m1/s1. The van der Waals surface area contributed by atoms with Gasteiger partial charge in [0.2, 0.25) is 5.91 Å². The van der Waals surface area contributed by atoms with Crippen LogP contribution in [0.25, 0.3) is 0 Å². The smallest absolute Gasteiger partial charge is 0.407 e. The Labute approximate surface area is 156 Å². The molecule has 0 aromatic rings. The van der Waals surface area contributed by atoms with Crippen molar-refractivity contribution in [2.45, 2.75) is 71.3 Å². The summed E-state index contributed by atoms with van der Waals surface area (Å²) in [6, 6.07) is 0. The number of hydrogen-bond donors (Lipinski definition) is 2. The Balaban J connectivity index is 2.26. The van der Waals surface area contributed by atoms with Crippen LogP contribution in [0, 0.1) is 11.8 Å². The lowest BCUT2D eigenvalue weighted by molar-refractivity contribution is -0.145. The van der Waals surface area contributed by atoms with E-state index in [9.17, 15) is 14.4 Å². The third-order valence-electron chi connectivity index (χ3n) is 4.43. The fourth-order valence-electron chi connectivity index (χ4n) is 3.05. The molecule has 150 valence electrons. The molecule has 1 aliphatic carbocycles. The van der Waals surface area contributed by atoms with Crippen molar-refractivity contribution in [3.05, 3.63) is 0 Å². The number of esters is 1. The van der Waals surface area contributed by atoms with Crippen LogP contribution in [0.3, 0.4) is 0 Å². The largest absolute Gasteiger partial charge is 0.469 e. The normalized spacial score (nSPS) is 16.0. The van der Waals surface area contributed by atoms with Gasteiger partial charge in [0, 0.05) is 19.0 Å². The molecule has 1 fully saturated rings. The van der Waals surface area contributed by atoms with Crippen molar-refractivity contribution in [1.82, 2.24) is 10.6 Å². The van der Waals surface area contributed by atoms with Gasteiger partial charge in [-0.1, -0.05) is 19.3 Å². The molecular formula is C19H34N2O5. The van der Waals surface area contributed by atoms with Crippen LogP contribution in [0.5, 0.6) is 0 Å². The molecule has 0 bridgehead atoms. The van der Waals surface area contributed by atoms with Crippen LogP contribution >= 0.6 is 0 Å². The van der Waals surface area contributed by atoms with E-state index in [1.807, 2.05) is 20.8 Å². The van der Waals surface area contributed by atoms with Gasteiger partial charge in [0.05, 0.1) is 13.0 Å². The van der Waals surface area contributed by atoms with Gasteiger partial charge in [-0.3, -0.25) is 9.59 Å². The van der Waals surface area contributed by atoms with Crippen molar-refractivity contribution < 1.29 is 23.9 Å². The van der Waals surface area contributed by atoms with Gasteiger partial charge in [-0.15, -0.1) is 0 Å². The number of hydrogen-bond acceptors (Lipinski definition) is 5. The van der Waals surface area contributed by atoms with Crippen LogP contribution in [0.4, 0.5) is 4.79 Å². The van der Waals surface area contributed by atoms with E-state index >= 15 is 0 Å². The lowest BCUT2D eigenvalue weighted by Crippen LogP contribution is -2.36. The third kappa shape index (κ3) is 9.06. The summed E-state index contributed by atoms with van der Waals surface area (Å²) in [5.41, 5.74) is -0.516. The predicted molar refractivity (Wildman–Crippen MR) is 98.6 cm³/mol. The number of amides is 2. The highest BCUT2D eigenvalue weighted by Gasteiger charge is 2.25. The van der Waals surface area contributed by atoms with Gasteiger partial charge >= 0.3 is 12.1 Å². The van der Waals surface area contributed by atoms with Crippen LogP contribution in [-0.2, 0) is 19.1 Å². The molecule has 1 aliphatic rings. The number of carbonyl (C=O) groups is 3. The summed E-state index contributed by atoms with van der Waals surface area (Å²) in [7, 11) is 1.36. The fraction of sp³-hybridized carbons (Fsp3) is 0.842. The number of unbranched alkanes of at least 4 members (excludes halogenated alkanes) is 1. The van der Waals surface area contributed by atoms with Crippen molar-refractivity contribution >= 4 is 18.0 Å². The Morgan fingerprint density at radius 1 is 1.08 bits per heavy atom. The zero-order chi connectivity index (χ0) is 19.6. The van der Waals surface area contributed by atoms with E-state index in [0.29, 0.717) is 19.5 Å². The topological polar surface area (TPSA) is 93.7 Å². The number of rotatable bonds is 9. The molecular weight excluding hydrogens is 336 g/mol. The highest BCUT2D eigenvalue weighted by Crippen LogP contribution is 2.24. The first kappa shape index (κ1) is 22.3. The molecule has 0 saturated heterocycles. The maximum atomic E-state index is 12.1. The summed E-state index contributed by atoms with van der Waals surface area (Å²) >= 11 is 0. The second kappa shape index (κ2) is 11.0. The summed E-state index contributed by atoms with van der Waals surface area (Å²) in [4.78, 5) is 35.6. The number of carbonyl (C=O) groups excluding carboxylic acids is 3. The SMILES string of the molecule is COC(=O)[C@H](CCCCNC(=O)OC(C)(C)C)CNC(=O)C1CCCC1. The summed E-state index contributed by atoms with van der Waals surface area (Å²) in [5.74, 6) is -0.530. The van der Waals surface area contributed by atoms with Crippen LogP contribution < -0.4 is 10.6 Å². The van der Waals surface area contributed by atoms with Crippen molar-refractivity contribution in [2.75, 3.05) is 20.2 Å². The Bertz CT molecular complexity index is 467. The van der Waals surface area contributed by atoms with Gasteiger partial charge in [0.15, 0.2) is 0 Å². The molecule has 1 saturated carbocycles. The molecule has 0 unspecified atom stereocenters. The monoisotopic (exact) mass is 370 g/mol. The predicted octanol–water partition coefficient (Wildman–Crippen LogP) is 2.78. The molecule has 0 spiro atoms. The first-order chi connectivity index (χ1) is 12.2.